The summed E-state index contributed by atoms with van der Waals surface area (Å²) in [6.45, 7) is 3.26. The Hall–Kier alpha value is -3.22. The molecule has 0 spiro atoms. The van der Waals surface area contributed by atoms with Gasteiger partial charge in [0.1, 0.15) is 17.2 Å². The zero-order valence-electron chi connectivity index (χ0n) is 13.7. The topological polar surface area (TPSA) is 84.2 Å². The summed E-state index contributed by atoms with van der Waals surface area (Å²) in [7, 11) is 0. The van der Waals surface area contributed by atoms with Crippen molar-refractivity contribution >= 4 is 17.0 Å². The highest BCUT2D eigenvalue weighted by atomic mass is 19.1. The maximum Gasteiger partial charge on any atom is 0.405 e. The third-order valence-corrected chi connectivity index (χ3v) is 3.95. The SMILES string of the molecule is Cc1ccc(F)c2nc(C(C)NC(=O)O)n(-c3ccccc3)c(=O)c12. The van der Waals surface area contributed by atoms with Crippen LogP contribution in [0.25, 0.3) is 16.6 Å². The maximum absolute atomic E-state index is 14.2. The van der Waals surface area contributed by atoms with Gasteiger partial charge in [-0.3, -0.25) is 9.36 Å². The number of carboxylic acid groups (broad SMARTS) is 1. The molecule has 0 radical (unpaired) electrons. The highest BCUT2D eigenvalue weighted by Gasteiger charge is 2.21. The summed E-state index contributed by atoms with van der Waals surface area (Å²) >= 11 is 0. The number of carbonyl (C=O) groups is 1. The number of amides is 1. The van der Waals surface area contributed by atoms with Gasteiger partial charge in [0.2, 0.25) is 0 Å². The van der Waals surface area contributed by atoms with Gasteiger partial charge >= 0.3 is 6.09 Å². The third kappa shape index (κ3) is 2.96. The van der Waals surface area contributed by atoms with Crippen LogP contribution in [0.1, 0.15) is 24.4 Å². The number of benzene rings is 2. The van der Waals surface area contributed by atoms with Crippen LogP contribution >= 0.6 is 0 Å². The number of nitrogens with zero attached hydrogens (tertiary/aromatic N) is 2. The van der Waals surface area contributed by atoms with Crippen molar-refractivity contribution < 1.29 is 14.3 Å². The van der Waals surface area contributed by atoms with E-state index in [0.29, 0.717) is 11.3 Å². The molecule has 2 N–H and O–H groups in total. The first kappa shape index (κ1) is 16.6. The maximum atomic E-state index is 14.2. The van der Waals surface area contributed by atoms with E-state index in [2.05, 4.69) is 10.3 Å². The molecular formula is C18H16FN3O3. The molecule has 7 heteroatoms. The Bertz CT molecular complexity index is 1020. The normalized spacial score (nSPS) is 12.1. The van der Waals surface area contributed by atoms with Crippen LogP contribution in [0.3, 0.4) is 0 Å². The van der Waals surface area contributed by atoms with Crippen molar-refractivity contribution in [3.8, 4) is 5.69 Å². The standard InChI is InChI=1S/C18H16FN3O3/c1-10-8-9-13(19)15-14(10)17(23)22(12-6-4-3-5-7-12)16(21-15)11(2)20-18(24)25/h3-9,11,20H,1-2H3,(H,24,25). The van der Waals surface area contributed by atoms with Gasteiger partial charge in [0.25, 0.3) is 5.56 Å². The van der Waals surface area contributed by atoms with Gasteiger partial charge in [-0.15, -0.1) is 0 Å². The minimum Gasteiger partial charge on any atom is -0.465 e. The van der Waals surface area contributed by atoms with Crippen molar-refractivity contribution in [3.05, 3.63) is 70.0 Å². The lowest BCUT2D eigenvalue weighted by Crippen LogP contribution is -2.32. The van der Waals surface area contributed by atoms with E-state index in [4.69, 9.17) is 5.11 Å². The second-order valence-corrected chi connectivity index (χ2v) is 5.71. The summed E-state index contributed by atoms with van der Waals surface area (Å²) in [5.74, 6) is -0.503. The summed E-state index contributed by atoms with van der Waals surface area (Å²) in [5, 5.41) is 11.4. The summed E-state index contributed by atoms with van der Waals surface area (Å²) in [5.41, 5.74) is 0.622. The summed E-state index contributed by atoms with van der Waals surface area (Å²) in [4.78, 5) is 28.4. The Kier molecular flexibility index (Phi) is 4.22. The van der Waals surface area contributed by atoms with Crippen LogP contribution in [0.5, 0.6) is 0 Å². The molecular weight excluding hydrogens is 325 g/mol. The predicted molar refractivity (Wildman–Crippen MR) is 91.6 cm³/mol. The lowest BCUT2D eigenvalue weighted by molar-refractivity contribution is 0.190. The molecule has 1 amide bonds. The number of aromatic nitrogens is 2. The van der Waals surface area contributed by atoms with Gasteiger partial charge in [0, 0.05) is 0 Å². The minimum absolute atomic E-state index is 0.0637. The molecule has 0 fully saturated rings. The van der Waals surface area contributed by atoms with Crippen molar-refractivity contribution in [2.75, 3.05) is 0 Å². The first-order valence-electron chi connectivity index (χ1n) is 7.66. The van der Waals surface area contributed by atoms with Crippen LogP contribution in [-0.4, -0.2) is 20.8 Å². The van der Waals surface area contributed by atoms with Crippen LogP contribution in [-0.2, 0) is 0 Å². The molecule has 3 aromatic rings. The van der Waals surface area contributed by atoms with Gasteiger partial charge in [-0.05, 0) is 37.6 Å². The first-order valence-corrected chi connectivity index (χ1v) is 7.66. The summed E-state index contributed by atoms with van der Waals surface area (Å²) in [6, 6.07) is 10.7. The van der Waals surface area contributed by atoms with Crippen molar-refractivity contribution in [2.45, 2.75) is 19.9 Å². The molecule has 0 saturated carbocycles. The summed E-state index contributed by atoms with van der Waals surface area (Å²) in [6.07, 6.45) is -1.26. The lowest BCUT2D eigenvalue weighted by Gasteiger charge is -2.19. The van der Waals surface area contributed by atoms with Crippen LogP contribution in [0.4, 0.5) is 9.18 Å². The highest BCUT2D eigenvalue weighted by Crippen LogP contribution is 2.21. The molecule has 1 unspecified atom stereocenters. The second-order valence-electron chi connectivity index (χ2n) is 5.71. The van der Waals surface area contributed by atoms with E-state index in [1.165, 1.54) is 16.7 Å². The number of hydrogen-bond acceptors (Lipinski definition) is 3. The second kappa shape index (κ2) is 6.35. The Morgan fingerprint density at radius 3 is 2.56 bits per heavy atom. The fourth-order valence-electron chi connectivity index (χ4n) is 2.79. The monoisotopic (exact) mass is 341 g/mol. The number of hydrogen-bond donors (Lipinski definition) is 2. The molecule has 2 aromatic carbocycles. The summed E-state index contributed by atoms with van der Waals surface area (Å²) < 4.78 is 15.6. The van der Waals surface area contributed by atoms with Crippen molar-refractivity contribution in [2.24, 2.45) is 0 Å². The average Bonchev–Trinajstić information content (AvgIpc) is 2.57. The highest BCUT2D eigenvalue weighted by molar-refractivity contribution is 5.82. The van der Waals surface area contributed by atoms with Crippen LogP contribution in [0.2, 0.25) is 0 Å². The zero-order valence-corrected chi connectivity index (χ0v) is 13.7. The number of halogens is 1. The van der Waals surface area contributed by atoms with E-state index in [1.807, 2.05) is 0 Å². The molecule has 1 aromatic heterocycles. The third-order valence-electron chi connectivity index (χ3n) is 3.95. The number of para-hydroxylation sites is 1. The number of rotatable bonds is 3. The molecule has 0 aliphatic rings. The Balaban J connectivity index is 2.41. The van der Waals surface area contributed by atoms with Gasteiger partial charge < -0.3 is 10.4 Å². The number of fused-ring (bicyclic) bond motifs is 1. The molecule has 3 rings (SSSR count). The predicted octanol–water partition coefficient (Wildman–Crippen LogP) is 3.16. The lowest BCUT2D eigenvalue weighted by atomic mass is 10.1. The van der Waals surface area contributed by atoms with Gasteiger partial charge in [-0.1, -0.05) is 24.3 Å². The first-order chi connectivity index (χ1) is 11.9. The molecule has 1 atom stereocenters. The van der Waals surface area contributed by atoms with Crippen LogP contribution < -0.4 is 10.9 Å². The molecule has 1 heterocycles. The van der Waals surface area contributed by atoms with Gasteiger partial charge in [-0.25, -0.2) is 14.2 Å². The quantitative estimate of drug-likeness (QED) is 0.766. The molecule has 0 saturated heterocycles. The van der Waals surface area contributed by atoms with E-state index in [-0.39, 0.29) is 16.7 Å². The zero-order chi connectivity index (χ0) is 18.1. The number of nitrogens with one attached hydrogen (secondary N) is 1. The molecule has 0 aliphatic carbocycles. The molecule has 0 bridgehead atoms. The van der Waals surface area contributed by atoms with Gasteiger partial charge in [-0.2, -0.15) is 0 Å². The average molecular weight is 341 g/mol. The molecule has 25 heavy (non-hydrogen) atoms. The fourth-order valence-corrected chi connectivity index (χ4v) is 2.79. The molecule has 128 valence electrons. The Labute approximate surface area is 142 Å². The minimum atomic E-state index is -1.26. The van der Waals surface area contributed by atoms with Crippen molar-refractivity contribution in [3.63, 3.8) is 0 Å². The van der Waals surface area contributed by atoms with Crippen molar-refractivity contribution in [1.29, 1.82) is 0 Å². The van der Waals surface area contributed by atoms with E-state index < -0.39 is 23.5 Å². The Morgan fingerprint density at radius 2 is 1.92 bits per heavy atom. The van der Waals surface area contributed by atoms with Crippen LogP contribution in [0, 0.1) is 12.7 Å². The van der Waals surface area contributed by atoms with E-state index in [9.17, 15) is 14.0 Å². The smallest absolute Gasteiger partial charge is 0.405 e. The fraction of sp³-hybridized carbons (Fsp3) is 0.167. The Morgan fingerprint density at radius 1 is 1.24 bits per heavy atom. The molecule has 0 aliphatic heterocycles. The van der Waals surface area contributed by atoms with Crippen LogP contribution in [0.15, 0.2) is 47.3 Å². The number of aryl methyl sites for hydroxylation is 1. The molecule has 6 nitrogen and oxygen atoms in total. The van der Waals surface area contributed by atoms with E-state index in [1.54, 1.807) is 44.2 Å². The van der Waals surface area contributed by atoms with E-state index >= 15 is 0 Å². The van der Waals surface area contributed by atoms with E-state index in [0.717, 1.165) is 0 Å². The largest absolute Gasteiger partial charge is 0.465 e. The van der Waals surface area contributed by atoms with Gasteiger partial charge in [0.15, 0.2) is 0 Å². The van der Waals surface area contributed by atoms with Crippen molar-refractivity contribution in [1.82, 2.24) is 14.9 Å². The van der Waals surface area contributed by atoms with Gasteiger partial charge in [0.05, 0.1) is 17.1 Å².